The summed E-state index contributed by atoms with van der Waals surface area (Å²) in [5.74, 6) is 0.494. The largest absolute Gasteiger partial charge is 0.462 e. The van der Waals surface area contributed by atoms with E-state index in [0.717, 1.165) is 57.8 Å². The maximum atomic E-state index is 14.8. The Bertz CT molecular complexity index is 1400. The third kappa shape index (κ3) is 4.73. The molecule has 0 aromatic heterocycles. The van der Waals surface area contributed by atoms with Crippen LogP contribution in [-0.4, -0.2) is 45.9 Å². The number of carbonyl (C=O) groups excluding carboxylic acids is 3. The first-order valence-corrected chi connectivity index (χ1v) is 18.6. The SMILES string of the molecule is CC(=O)O[C@H]1CC[C@]2(C)[C@H]3C(=O)C=C4[C@@H]5C[C@@](C)(C(=O)NC6CC(C)(C)N([O])C6(C)C)CC[C@]5(C)CC[C@@]4(C)[C@]3(C)CC[C@H]2C1(C)C. The van der Waals surface area contributed by atoms with Gasteiger partial charge in [0.25, 0.3) is 0 Å². The molecule has 5 fully saturated rings. The van der Waals surface area contributed by atoms with Crippen LogP contribution in [0, 0.1) is 50.2 Å². The number of nitrogens with zero attached hydrogens (tertiary/aromatic N) is 1. The lowest BCUT2D eigenvalue weighted by molar-refractivity contribution is -0.246. The van der Waals surface area contributed by atoms with Gasteiger partial charge in [-0.25, -0.2) is 0 Å². The number of hydroxylamine groups is 2. The van der Waals surface area contributed by atoms with E-state index in [9.17, 15) is 19.6 Å². The van der Waals surface area contributed by atoms with Crippen LogP contribution in [0.5, 0.6) is 0 Å². The molecule has 1 saturated heterocycles. The van der Waals surface area contributed by atoms with Crippen LogP contribution in [0.2, 0.25) is 0 Å². The number of esters is 1. The number of hydrogen-bond donors (Lipinski definition) is 1. The van der Waals surface area contributed by atoms with Crippen molar-refractivity contribution in [1.82, 2.24) is 10.4 Å². The van der Waals surface area contributed by atoms with E-state index in [4.69, 9.17) is 4.74 Å². The first kappa shape index (κ1) is 35.1. The maximum Gasteiger partial charge on any atom is 0.302 e. The number of ether oxygens (including phenoxy) is 1. The lowest BCUT2D eigenvalue weighted by atomic mass is 9.33. The third-order valence-corrected chi connectivity index (χ3v) is 16.3. The van der Waals surface area contributed by atoms with Crippen LogP contribution in [0.3, 0.4) is 0 Å². The Labute approximate surface area is 284 Å². The number of amides is 1. The molecule has 1 amide bonds. The quantitative estimate of drug-likeness (QED) is 0.312. The van der Waals surface area contributed by atoms with Crippen LogP contribution in [-0.2, 0) is 24.3 Å². The summed E-state index contributed by atoms with van der Waals surface area (Å²) in [6.07, 6.45) is 11.0. The molecule has 47 heavy (non-hydrogen) atoms. The van der Waals surface area contributed by atoms with Gasteiger partial charge in [-0.15, -0.1) is 10.3 Å². The van der Waals surface area contributed by atoms with Crippen LogP contribution in [0.15, 0.2) is 11.6 Å². The fourth-order valence-electron chi connectivity index (χ4n) is 13.1. The lowest BCUT2D eigenvalue weighted by Crippen LogP contribution is -2.67. The minimum atomic E-state index is -0.676. The van der Waals surface area contributed by atoms with Gasteiger partial charge < -0.3 is 10.1 Å². The Morgan fingerprint density at radius 2 is 1.49 bits per heavy atom. The molecule has 1 aliphatic heterocycles. The van der Waals surface area contributed by atoms with Crippen LogP contribution < -0.4 is 5.32 Å². The Balaban J connectivity index is 1.32. The van der Waals surface area contributed by atoms with Gasteiger partial charge in [0.1, 0.15) is 6.10 Å². The van der Waals surface area contributed by atoms with Crippen molar-refractivity contribution in [3.8, 4) is 0 Å². The highest BCUT2D eigenvalue weighted by atomic mass is 16.5. The Morgan fingerprint density at radius 3 is 2.09 bits per heavy atom. The summed E-state index contributed by atoms with van der Waals surface area (Å²) < 4.78 is 5.89. The van der Waals surface area contributed by atoms with Crippen molar-refractivity contribution in [1.29, 1.82) is 0 Å². The highest BCUT2D eigenvalue weighted by Gasteiger charge is 2.70. The summed E-state index contributed by atoms with van der Waals surface area (Å²) >= 11 is 0. The average molecular weight is 652 g/mol. The summed E-state index contributed by atoms with van der Waals surface area (Å²) in [6, 6.07) is -0.212. The lowest BCUT2D eigenvalue weighted by Gasteiger charge is -2.70. The normalized spacial score (nSPS) is 48.2. The zero-order chi connectivity index (χ0) is 35.0. The van der Waals surface area contributed by atoms with Gasteiger partial charge in [0.2, 0.25) is 5.91 Å². The van der Waals surface area contributed by atoms with Crippen molar-refractivity contribution in [2.45, 2.75) is 171 Å². The van der Waals surface area contributed by atoms with Gasteiger partial charge in [-0.05, 0) is 131 Å². The molecule has 5 aliphatic carbocycles. The zero-order valence-corrected chi connectivity index (χ0v) is 31.5. The minimum absolute atomic E-state index is 0.0558. The molecule has 0 aromatic carbocycles. The van der Waals surface area contributed by atoms with E-state index >= 15 is 0 Å². The van der Waals surface area contributed by atoms with E-state index in [1.54, 1.807) is 0 Å². The second-order valence-electron chi connectivity index (χ2n) is 20.2. The van der Waals surface area contributed by atoms with E-state index in [0.29, 0.717) is 12.3 Å². The fourth-order valence-corrected chi connectivity index (χ4v) is 13.1. The molecule has 0 aromatic rings. The van der Waals surface area contributed by atoms with Crippen molar-refractivity contribution >= 4 is 17.7 Å². The molecule has 6 rings (SSSR count). The molecule has 0 bridgehead atoms. The smallest absolute Gasteiger partial charge is 0.302 e. The van der Waals surface area contributed by atoms with Gasteiger partial charge in [0.15, 0.2) is 5.78 Å². The van der Waals surface area contributed by atoms with E-state index in [-0.39, 0.29) is 68.7 Å². The van der Waals surface area contributed by atoms with E-state index in [1.165, 1.54) is 17.6 Å². The van der Waals surface area contributed by atoms with Crippen LogP contribution >= 0.6 is 0 Å². The second-order valence-corrected chi connectivity index (χ2v) is 20.2. The molecule has 1 radical (unpaired) electrons. The third-order valence-electron chi connectivity index (χ3n) is 16.3. The van der Waals surface area contributed by atoms with Gasteiger partial charge in [-0.2, -0.15) is 0 Å². The zero-order valence-electron chi connectivity index (χ0n) is 31.5. The molecule has 10 atom stereocenters. The Hall–Kier alpha value is -1.73. The first-order chi connectivity index (χ1) is 21.4. The molecular formula is C40H63N2O5. The highest BCUT2D eigenvalue weighted by Crippen LogP contribution is 2.75. The maximum absolute atomic E-state index is 14.8. The van der Waals surface area contributed by atoms with Crippen LogP contribution in [0.25, 0.3) is 0 Å². The summed E-state index contributed by atoms with van der Waals surface area (Å²) in [6.45, 7) is 25.6. The standard InChI is InChI=1S/C40H63N2O5/c1-24(43)47-30-14-15-38(10)28(34(30,4)5)13-16-40(12)31(38)27(44)21-25-26-22-37(9,18-17-36(26,8)19-20-39(25,40)11)32(45)41-29-23-33(2,3)42(46)35(29,6)7/h21,26,28-31H,13-20,22-23H2,1-12H3,(H,41,45)/t26-,28-,29?,30-,31+,36+,37-,38-,39+,40+/m0/s1. The predicted molar refractivity (Wildman–Crippen MR) is 182 cm³/mol. The topological polar surface area (TPSA) is 95.6 Å². The fraction of sp³-hybridized carbons (Fsp3) is 0.875. The Kier molecular flexibility index (Phi) is 7.77. The molecule has 1 N–H and O–H groups in total. The van der Waals surface area contributed by atoms with Gasteiger partial charge in [-0.3, -0.25) is 14.4 Å². The monoisotopic (exact) mass is 651 g/mol. The highest BCUT2D eigenvalue weighted by molar-refractivity contribution is 5.96. The van der Waals surface area contributed by atoms with Gasteiger partial charge in [-0.1, -0.05) is 54.0 Å². The summed E-state index contributed by atoms with van der Waals surface area (Å²) in [4.78, 5) is 41.0. The number of allylic oxidation sites excluding steroid dienone is 2. The number of fused-ring (bicyclic) bond motifs is 7. The van der Waals surface area contributed by atoms with Crippen molar-refractivity contribution in [2.75, 3.05) is 0 Å². The van der Waals surface area contributed by atoms with Crippen LogP contribution in [0.1, 0.15) is 147 Å². The molecule has 0 spiro atoms. The van der Waals surface area contributed by atoms with Gasteiger partial charge >= 0.3 is 5.97 Å². The van der Waals surface area contributed by atoms with Crippen molar-refractivity contribution in [3.63, 3.8) is 0 Å². The van der Waals surface area contributed by atoms with Gasteiger partial charge in [0, 0.05) is 29.2 Å². The summed E-state index contributed by atoms with van der Waals surface area (Å²) in [7, 11) is 0. The van der Waals surface area contributed by atoms with E-state index in [2.05, 4.69) is 59.9 Å². The number of carbonyl (C=O) groups is 3. The molecule has 1 unspecified atom stereocenters. The molecule has 7 nitrogen and oxygen atoms in total. The van der Waals surface area contributed by atoms with Crippen molar-refractivity contribution in [3.05, 3.63) is 11.6 Å². The molecule has 7 heteroatoms. The van der Waals surface area contributed by atoms with E-state index < -0.39 is 16.5 Å². The number of nitrogens with one attached hydrogen (secondary N) is 1. The van der Waals surface area contributed by atoms with Gasteiger partial charge in [0.05, 0.1) is 11.6 Å². The van der Waals surface area contributed by atoms with Crippen molar-refractivity contribution < 1.29 is 24.3 Å². The van der Waals surface area contributed by atoms with Crippen LogP contribution in [0.4, 0.5) is 0 Å². The number of hydrogen-bond acceptors (Lipinski definition) is 5. The molecule has 263 valence electrons. The number of rotatable bonds is 3. The molecular weight excluding hydrogens is 588 g/mol. The average Bonchev–Trinajstić information content (AvgIpc) is 3.10. The predicted octanol–water partition coefficient (Wildman–Crippen LogP) is 7.99. The Morgan fingerprint density at radius 1 is 0.851 bits per heavy atom. The second kappa shape index (κ2) is 10.4. The van der Waals surface area contributed by atoms with E-state index in [1.807, 2.05) is 27.7 Å². The summed E-state index contributed by atoms with van der Waals surface area (Å²) in [5, 5.41) is 17.7. The number of ketones is 1. The molecule has 4 saturated carbocycles. The minimum Gasteiger partial charge on any atom is -0.462 e. The molecule has 6 aliphatic rings. The van der Waals surface area contributed by atoms with Crippen molar-refractivity contribution in [2.24, 2.45) is 50.2 Å². The molecule has 1 heterocycles. The first-order valence-electron chi connectivity index (χ1n) is 18.6. The summed E-state index contributed by atoms with van der Waals surface area (Å²) in [5.41, 5.74) is -1.10.